The van der Waals surface area contributed by atoms with Gasteiger partial charge in [-0.1, -0.05) is 69.2 Å². The summed E-state index contributed by atoms with van der Waals surface area (Å²) in [4.78, 5) is 14.5. The van der Waals surface area contributed by atoms with Gasteiger partial charge in [0.25, 0.3) is 0 Å². The summed E-state index contributed by atoms with van der Waals surface area (Å²) in [6.07, 6.45) is -0.227. The number of aliphatic hydroxyl groups excluding tert-OH is 1. The molecule has 17 atom stereocenters. The lowest BCUT2D eigenvalue weighted by molar-refractivity contribution is -0.342. The molecule has 1 N–H and O–H groups in total. The Morgan fingerprint density at radius 1 is 0.827 bits per heavy atom. The molecule has 5 aliphatic rings. The van der Waals surface area contributed by atoms with Crippen molar-refractivity contribution in [3.8, 4) is 0 Å². The van der Waals surface area contributed by atoms with Crippen LogP contribution in [0.1, 0.15) is 130 Å². The molecule has 302 valence electrons. The van der Waals surface area contributed by atoms with Crippen LogP contribution in [0.3, 0.4) is 0 Å². The van der Waals surface area contributed by atoms with E-state index in [1.165, 1.54) is 0 Å². The van der Waals surface area contributed by atoms with E-state index >= 15 is 0 Å². The zero-order valence-corrected chi connectivity index (χ0v) is 35.1. The maximum Gasteiger partial charge on any atom is 0.311 e. The number of esters is 1. The first-order valence-corrected chi connectivity index (χ1v) is 20.5. The maximum absolute atomic E-state index is 14.5. The van der Waals surface area contributed by atoms with Crippen molar-refractivity contribution in [2.45, 2.75) is 196 Å². The average Bonchev–Trinajstić information content (AvgIpc) is 3.86. The first kappa shape index (κ1) is 42.3. The Kier molecular flexibility index (Phi) is 12.7. The highest BCUT2D eigenvalue weighted by Gasteiger charge is 2.65. The van der Waals surface area contributed by atoms with Gasteiger partial charge < -0.3 is 43.0 Å². The molecule has 0 amide bonds. The molecule has 5 rings (SSSR count). The highest BCUT2D eigenvalue weighted by Crippen LogP contribution is 2.51. The molecule has 2 unspecified atom stereocenters. The Balaban J connectivity index is 1.59. The van der Waals surface area contributed by atoms with Crippen LogP contribution in [0.4, 0.5) is 0 Å². The number of cyclic esters (lactones) is 1. The molecule has 0 aromatic heterocycles. The van der Waals surface area contributed by atoms with E-state index in [0.717, 1.165) is 12.8 Å². The first-order valence-electron chi connectivity index (χ1n) is 20.5. The third-order valence-corrected chi connectivity index (χ3v) is 14.0. The van der Waals surface area contributed by atoms with Crippen LogP contribution in [-0.4, -0.2) is 91.0 Å². The molecule has 0 aromatic carbocycles. The molecule has 0 aromatic rings. The summed E-state index contributed by atoms with van der Waals surface area (Å²) in [6, 6.07) is 0. The van der Waals surface area contributed by atoms with Gasteiger partial charge in [0.1, 0.15) is 12.2 Å². The third-order valence-electron chi connectivity index (χ3n) is 14.0. The topological polar surface area (TPSA) is 114 Å². The van der Waals surface area contributed by atoms with Gasteiger partial charge in [-0.2, -0.15) is 0 Å². The summed E-state index contributed by atoms with van der Waals surface area (Å²) in [7, 11) is 0. The Labute approximate surface area is 315 Å². The first-order chi connectivity index (χ1) is 24.1. The SMILES string of the molecule is CC[C@H]1OC(=O)[C@H](C)[C@@H](OC2CC(C)(C)[C@@H](C)[C@H](C)O2)[C@H](C)[C@@H](OC2O[C@H](C)C[C@H](CO)[C@H]2C)C(C)(C)C[C@@H](C)[C@@H]2OC(C)(C)O[C@H]([C@H]2C)[C@@]12CO2. The van der Waals surface area contributed by atoms with Crippen molar-refractivity contribution in [1.29, 1.82) is 0 Å². The van der Waals surface area contributed by atoms with Gasteiger partial charge in [-0.3, -0.25) is 4.79 Å². The lowest BCUT2D eigenvalue weighted by Crippen LogP contribution is -2.61. The number of carbonyl (C=O) groups is 1. The number of rotatable bonds is 6. The second-order valence-corrected chi connectivity index (χ2v) is 19.5. The largest absolute Gasteiger partial charge is 0.459 e. The highest BCUT2D eigenvalue weighted by atomic mass is 16.7. The minimum Gasteiger partial charge on any atom is -0.459 e. The molecule has 1 spiro atoms. The number of aliphatic hydroxyl groups is 1. The lowest BCUT2D eigenvalue weighted by Gasteiger charge is -2.52. The highest BCUT2D eigenvalue weighted by molar-refractivity contribution is 5.73. The number of epoxide rings is 1. The summed E-state index contributed by atoms with van der Waals surface area (Å²) in [6.45, 7) is 32.6. The van der Waals surface area contributed by atoms with Gasteiger partial charge in [-0.25, -0.2) is 0 Å². The van der Waals surface area contributed by atoms with Crippen LogP contribution in [0, 0.1) is 52.3 Å². The predicted octanol–water partition coefficient (Wildman–Crippen LogP) is 7.52. The van der Waals surface area contributed by atoms with Crippen LogP contribution >= 0.6 is 0 Å². The van der Waals surface area contributed by atoms with E-state index in [4.69, 9.17) is 37.9 Å². The molecule has 0 radical (unpaired) electrons. The van der Waals surface area contributed by atoms with E-state index in [2.05, 4.69) is 69.2 Å². The Morgan fingerprint density at radius 2 is 1.48 bits per heavy atom. The van der Waals surface area contributed by atoms with E-state index in [0.29, 0.717) is 25.4 Å². The molecular weight excluding hydrogens is 664 g/mol. The molecule has 5 fully saturated rings. The summed E-state index contributed by atoms with van der Waals surface area (Å²) in [5.41, 5.74) is -1.19. The maximum atomic E-state index is 14.5. The summed E-state index contributed by atoms with van der Waals surface area (Å²) < 4.78 is 53.6. The molecule has 5 saturated heterocycles. The molecule has 0 saturated carbocycles. The van der Waals surface area contributed by atoms with Crippen molar-refractivity contribution in [1.82, 2.24) is 0 Å². The second-order valence-electron chi connectivity index (χ2n) is 19.5. The van der Waals surface area contributed by atoms with E-state index in [1.54, 1.807) is 0 Å². The van der Waals surface area contributed by atoms with E-state index in [9.17, 15) is 9.90 Å². The molecule has 5 aliphatic heterocycles. The monoisotopic (exact) mass is 739 g/mol. The number of carbonyl (C=O) groups excluding carboxylic acids is 1. The molecule has 0 aliphatic carbocycles. The van der Waals surface area contributed by atoms with E-state index < -0.39 is 53.6 Å². The molecule has 10 nitrogen and oxygen atoms in total. The van der Waals surface area contributed by atoms with Gasteiger partial charge in [0.05, 0.1) is 43.0 Å². The fraction of sp³-hybridized carbons (Fsp3) is 0.976. The summed E-state index contributed by atoms with van der Waals surface area (Å²) in [5, 5.41) is 10.3. The Hall–Kier alpha value is -0.850. The Morgan fingerprint density at radius 3 is 2.06 bits per heavy atom. The smallest absolute Gasteiger partial charge is 0.311 e. The fourth-order valence-corrected chi connectivity index (χ4v) is 10.4. The van der Waals surface area contributed by atoms with Gasteiger partial charge in [-0.05, 0) is 82.5 Å². The second kappa shape index (κ2) is 15.6. The average molecular weight is 739 g/mol. The third kappa shape index (κ3) is 8.45. The minimum absolute atomic E-state index is 0.00968. The van der Waals surface area contributed by atoms with Crippen LogP contribution in [0.5, 0.6) is 0 Å². The van der Waals surface area contributed by atoms with Gasteiger partial charge in [0.15, 0.2) is 24.0 Å². The van der Waals surface area contributed by atoms with Gasteiger partial charge in [0, 0.05) is 30.8 Å². The fourth-order valence-electron chi connectivity index (χ4n) is 10.4. The van der Waals surface area contributed by atoms with Gasteiger partial charge in [0.2, 0.25) is 0 Å². The zero-order chi connectivity index (χ0) is 38.7. The van der Waals surface area contributed by atoms with E-state index in [1.807, 2.05) is 34.6 Å². The van der Waals surface area contributed by atoms with Crippen LogP contribution in [0.2, 0.25) is 0 Å². The number of fused-ring (bicyclic) bond motifs is 3. The molecule has 52 heavy (non-hydrogen) atoms. The summed E-state index contributed by atoms with van der Waals surface area (Å²) in [5.74, 6) is -1.63. The van der Waals surface area contributed by atoms with Crippen LogP contribution in [-0.2, 0) is 42.7 Å². The van der Waals surface area contributed by atoms with Crippen LogP contribution in [0.25, 0.3) is 0 Å². The van der Waals surface area contributed by atoms with Crippen molar-refractivity contribution < 1.29 is 47.8 Å². The number of hydrogen-bond donors (Lipinski definition) is 1. The van der Waals surface area contributed by atoms with Crippen molar-refractivity contribution in [2.24, 2.45) is 52.3 Å². The van der Waals surface area contributed by atoms with Crippen molar-refractivity contribution in [3.05, 3.63) is 0 Å². The quantitative estimate of drug-likeness (QED) is 0.217. The van der Waals surface area contributed by atoms with E-state index in [-0.39, 0.29) is 72.0 Å². The van der Waals surface area contributed by atoms with Crippen LogP contribution in [0.15, 0.2) is 0 Å². The van der Waals surface area contributed by atoms with Gasteiger partial charge >= 0.3 is 5.97 Å². The standard InChI is InChI=1S/C42H74O10/c1-16-31-42(21-45-42)36-25(5)33(51-41(14,15)52-36)22(2)18-40(12,13)35(50-38-24(4)30(20-43)17-23(3)46-38)26(6)34(27(7)37(44)48-31)49-32-19-39(10,11)28(8)29(9)47-32/h22-36,38,43H,16-21H2,1-15H3/t22-,23-,24-,25+,26+,27-,28+,29+,30-,31-,32?,33+,34+,35-,36-,38?,42-/m1/s1. The lowest BCUT2D eigenvalue weighted by atomic mass is 9.68. The van der Waals surface area contributed by atoms with Crippen molar-refractivity contribution in [2.75, 3.05) is 13.2 Å². The normalized spacial score (nSPS) is 49.5. The number of ether oxygens (including phenoxy) is 8. The number of hydrogen-bond acceptors (Lipinski definition) is 10. The van der Waals surface area contributed by atoms with Crippen LogP contribution < -0.4 is 0 Å². The molecule has 5 heterocycles. The van der Waals surface area contributed by atoms with Crippen molar-refractivity contribution in [3.63, 3.8) is 0 Å². The molecular formula is C42H74O10. The van der Waals surface area contributed by atoms with Gasteiger partial charge in [-0.15, -0.1) is 0 Å². The zero-order valence-electron chi connectivity index (χ0n) is 35.1. The predicted molar refractivity (Wildman–Crippen MR) is 198 cm³/mol. The molecule has 10 heteroatoms. The van der Waals surface area contributed by atoms with Crippen molar-refractivity contribution >= 4 is 5.97 Å². The molecule has 2 bridgehead atoms. The summed E-state index contributed by atoms with van der Waals surface area (Å²) >= 11 is 0. The minimum atomic E-state index is -0.850. The Bertz CT molecular complexity index is 1220.